The predicted molar refractivity (Wildman–Crippen MR) is 78.4 cm³/mol. The Balaban J connectivity index is 3.52. The average molecular weight is 256 g/mol. The second-order valence-corrected chi connectivity index (χ2v) is 6.49. The van der Waals surface area contributed by atoms with Crippen LogP contribution in [0.1, 0.15) is 66.2 Å². The van der Waals surface area contributed by atoms with Gasteiger partial charge in [-0.15, -0.1) is 0 Å². The summed E-state index contributed by atoms with van der Waals surface area (Å²) in [5, 5.41) is 3.03. The number of nitrogens with two attached hydrogens (primary N) is 1. The highest BCUT2D eigenvalue weighted by molar-refractivity contribution is 5.78. The van der Waals surface area contributed by atoms with Crippen LogP contribution in [0.5, 0.6) is 0 Å². The van der Waals surface area contributed by atoms with Crippen LogP contribution in [0.3, 0.4) is 0 Å². The molecule has 108 valence electrons. The Morgan fingerprint density at radius 1 is 1.17 bits per heavy atom. The standard InChI is InChI=1S/C15H32N2O/c1-13(9-5-7-11-16)14(18)17-12-8-6-10-15(2,3)4/h13H,5-12,16H2,1-4H3,(H,17,18)/t13-/m1/s1. The van der Waals surface area contributed by atoms with E-state index in [1.165, 1.54) is 12.8 Å². The van der Waals surface area contributed by atoms with Gasteiger partial charge in [0.25, 0.3) is 0 Å². The molecule has 18 heavy (non-hydrogen) atoms. The molecule has 0 saturated heterocycles. The van der Waals surface area contributed by atoms with E-state index >= 15 is 0 Å². The van der Waals surface area contributed by atoms with E-state index in [1.54, 1.807) is 0 Å². The van der Waals surface area contributed by atoms with E-state index in [9.17, 15) is 4.79 Å². The van der Waals surface area contributed by atoms with Gasteiger partial charge in [0.2, 0.25) is 5.91 Å². The van der Waals surface area contributed by atoms with Crippen molar-refractivity contribution >= 4 is 5.91 Å². The first-order valence-corrected chi connectivity index (χ1v) is 7.34. The number of nitrogens with one attached hydrogen (secondary N) is 1. The molecule has 0 fully saturated rings. The summed E-state index contributed by atoms with van der Waals surface area (Å²) in [6, 6.07) is 0. The highest BCUT2D eigenvalue weighted by atomic mass is 16.1. The second-order valence-electron chi connectivity index (χ2n) is 6.49. The molecule has 3 nitrogen and oxygen atoms in total. The Kier molecular flexibility index (Phi) is 9.08. The summed E-state index contributed by atoms with van der Waals surface area (Å²) in [6.45, 7) is 10.3. The van der Waals surface area contributed by atoms with Gasteiger partial charge in [-0.3, -0.25) is 4.79 Å². The number of hydrogen-bond donors (Lipinski definition) is 2. The van der Waals surface area contributed by atoms with Crippen LogP contribution in [-0.2, 0) is 4.79 Å². The van der Waals surface area contributed by atoms with Crippen LogP contribution in [0.4, 0.5) is 0 Å². The molecule has 0 radical (unpaired) electrons. The molecule has 0 aliphatic rings. The van der Waals surface area contributed by atoms with Gasteiger partial charge >= 0.3 is 0 Å². The minimum Gasteiger partial charge on any atom is -0.356 e. The van der Waals surface area contributed by atoms with Crippen molar-refractivity contribution in [3.8, 4) is 0 Å². The molecule has 0 aromatic carbocycles. The first kappa shape index (κ1) is 17.4. The molecule has 0 spiro atoms. The number of hydrogen-bond acceptors (Lipinski definition) is 2. The van der Waals surface area contributed by atoms with Gasteiger partial charge < -0.3 is 11.1 Å². The van der Waals surface area contributed by atoms with Crippen molar-refractivity contribution in [2.75, 3.05) is 13.1 Å². The van der Waals surface area contributed by atoms with Crippen molar-refractivity contribution in [2.45, 2.75) is 66.2 Å². The van der Waals surface area contributed by atoms with Gasteiger partial charge in [-0.1, -0.05) is 40.5 Å². The van der Waals surface area contributed by atoms with E-state index < -0.39 is 0 Å². The van der Waals surface area contributed by atoms with Gasteiger partial charge in [-0.2, -0.15) is 0 Å². The highest BCUT2D eigenvalue weighted by Crippen LogP contribution is 2.21. The molecule has 3 heteroatoms. The maximum atomic E-state index is 11.8. The summed E-state index contributed by atoms with van der Waals surface area (Å²) >= 11 is 0. The molecular formula is C15H32N2O. The van der Waals surface area contributed by atoms with E-state index in [0.29, 0.717) is 5.41 Å². The number of rotatable bonds is 9. The smallest absolute Gasteiger partial charge is 0.222 e. The van der Waals surface area contributed by atoms with Crippen molar-refractivity contribution in [2.24, 2.45) is 17.1 Å². The molecule has 0 rings (SSSR count). The van der Waals surface area contributed by atoms with Crippen molar-refractivity contribution in [3.63, 3.8) is 0 Å². The maximum Gasteiger partial charge on any atom is 0.222 e. The maximum absolute atomic E-state index is 11.8. The molecule has 0 saturated carbocycles. The summed E-state index contributed by atoms with van der Waals surface area (Å²) in [4.78, 5) is 11.8. The van der Waals surface area contributed by atoms with Crippen LogP contribution >= 0.6 is 0 Å². The normalized spacial score (nSPS) is 13.4. The van der Waals surface area contributed by atoms with Crippen molar-refractivity contribution in [3.05, 3.63) is 0 Å². The number of carbonyl (C=O) groups is 1. The fourth-order valence-corrected chi connectivity index (χ4v) is 1.89. The lowest BCUT2D eigenvalue weighted by Crippen LogP contribution is -2.30. The molecule has 0 aromatic rings. The quantitative estimate of drug-likeness (QED) is 0.623. The molecule has 1 amide bonds. The summed E-state index contributed by atoms with van der Waals surface area (Å²) in [5.74, 6) is 0.321. The van der Waals surface area contributed by atoms with E-state index in [-0.39, 0.29) is 11.8 Å². The molecule has 3 N–H and O–H groups in total. The first-order valence-electron chi connectivity index (χ1n) is 7.34. The Labute approximate surface area is 113 Å². The third-order valence-corrected chi connectivity index (χ3v) is 3.19. The lowest BCUT2D eigenvalue weighted by atomic mass is 9.90. The zero-order valence-electron chi connectivity index (χ0n) is 12.7. The molecule has 0 unspecified atom stereocenters. The van der Waals surface area contributed by atoms with Crippen LogP contribution < -0.4 is 11.1 Å². The predicted octanol–water partition coefficient (Wildman–Crippen LogP) is 3.08. The number of carbonyl (C=O) groups excluding carboxylic acids is 1. The van der Waals surface area contributed by atoms with E-state index in [1.807, 2.05) is 6.92 Å². The minimum absolute atomic E-state index is 0.124. The molecule has 0 bridgehead atoms. The largest absolute Gasteiger partial charge is 0.356 e. The van der Waals surface area contributed by atoms with Gasteiger partial charge in [0.1, 0.15) is 0 Å². The summed E-state index contributed by atoms with van der Waals surface area (Å²) in [5.41, 5.74) is 5.84. The van der Waals surface area contributed by atoms with Crippen LogP contribution in [0.15, 0.2) is 0 Å². The van der Waals surface area contributed by atoms with Gasteiger partial charge in [-0.05, 0) is 37.6 Å². The Hall–Kier alpha value is -0.570. The lowest BCUT2D eigenvalue weighted by molar-refractivity contribution is -0.124. The van der Waals surface area contributed by atoms with Crippen molar-refractivity contribution < 1.29 is 4.79 Å². The highest BCUT2D eigenvalue weighted by Gasteiger charge is 2.12. The van der Waals surface area contributed by atoms with Gasteiger partial charge in [0, 0.05) is 12.5 Å². The van der Waals surface area contributed by atoms with Gasteiger partial charge in [-0.25, -0.2) is 0 Å². The van der Waals surface area contributed by atoms with E-state index in [2.05, 4.69) is 26.1 Å². The monoisotopic (exact) mass is 256 g/mol. The lowest BCUT2D eigenvalue weighted by Gasteiger charge is -2.18. The summed E-state index contributed by atoms with van der Waals surface area (Å²) in [7, 11) is 0. The fraction of sp³-hybridized carbons (Fsp3) is 0.933. The fourth-order valence-electron chi connectivity index (χ4n) is 1.89. The van der Waals surface area contributed by atoms with Crippen molar-refractivity contribution in [1.29, 1.82) is 0 Å². The SMILES string of the molecule is C[C@H](CCCCN)C(=O)NCCCCC(C)(C)C. The Bertz CT molecular complexity index is 221. The van der Waals surface area contributed by atoms with E-state index in [4.69, 9.17) is 5.73 Å². The molecule has 0 heterocycles. The molecular weight excluding hydrogens is 224 g/mol. The zero-order valence-corrected chi connectivity index (χ0v) is 12.7. The van der Waals surface area contributed by atoms with Crippen LogP contribution in [0.25, 0.3) is 0 Å². The molecule has 0 aromatic heterocycles. The number of amides is 1. The minimum atomic E-state index is 0.124. The van der Waals surface area contributed by atoms with Crippen LogP contribution in [-0.4, -0.2) is 19.0 Å². The zero-order chi connectivity index (χ0) is 14.0. The van der Waals surface area contributed by atoms with Crippen LogP contribution in [0.2, 0.25) is 0 Å². The van der Waals surface area contributed by atoms with Gasteiger partial charge in [0.15, 0.2) is 0 Å². The first-order chi connectivity index (χ1) is 8.37. The summed E-state index contributed by atoms with van der Waals surface area (Å²) < 4.78 is 0. The molecule has 0 aliphatic carbocycles. The van der Waals surface area contributed by atoms with E-state index in [0.717, 1.165) is 38.8 Å². The Morgan fingerprint density at radius 2 is 1.83 bits per heavy atom. The topological polar surface area (TPSA) is 55.1 Å². The molecule has 1 atom stereocenters. The second kappa shape index (κ2) is 9.37. The summed E-state index contributed by atoms with van der Waals surface area (Å²) in [6.07, 6.45) is 6.50. The average Bonchev–Trinajstić information content (AvgIpc) is 2.27. The third-order valence-electron chi connectivity index (χ3n) is 3.19. The Morgan fingerprint density at radius 3 is 2.39 bits per heavy atom. The molecule has 0 aliphatic heterocycles. The van der Waals surface area contributed by atoms with Gasteiger partial charge in [0.05, 0.1) is 0 Å². The van der Waals surface area contributed by atoms with Crippen LogP contribution in [0, 0.1) is 11.3 Å². The number of unbranched alkanes of at least 4 members (excludes halogenated alkanes) is 2. The van der Waals surface area contributed by atoms with Crippen molar-refractivity contribution in [1.82, 2.24) is 5.32 Å². The third kappa shape index (κ3) is 10.6.